The minimum Gasteiger partial charge on any atom is -0.476 e. The molecule has 1 heterocycles. The van der Waals surface area contributed by atoms with Crippen molar-refractivity contribution >= 4 is 6.26 Å². The first kappa shape index (κ1) is 10.2. The average Bonchev–Trinajstić information content (AvgIpc) is 2.29. The van der Waals surface area contributed by atoms with Gasteiger partial charge in [0.15, 0.2) is 6.23 Å². The van der Waals surface area contributed by atoms with E-state index in [2.05, 4.69) is 11.9 Å². The lowest BCUT2D eigenvalue weighted by Gasteiger charge is -2.14. The second kappa shape index (κ2) is 4.96. The molecule has 0 amide bonds. The van der Waals surface area contributed by atoms with E-state index in [1.54, 1.807) is 0 Å². The third-order valence-corrected chi connectivity index (χ3v) is 2.63. The molecule has 1 unspecified atom stereocenters. The first-order chi connectivity index (χ1) is 7.40. The Morgan fingerprint density at radius 1 is 1.27 bits per heavy atom. The second-order valence-corrected chi connectivity index (χ2v) is 3.89. The summed E-state index contributed by atoms with van der Waals surface area (Å²) in [7, 11) is 0. The van der Waals surface area contributed by atoms with E-state index >= 15 is 0 Å². The lowest BCUT2D eigenvalue weighted by atomic mass is 10.2. The molecule has 1 aliphatic heterocycles. The van der Waals surface area contributed by atoms with E-state index in [1.165, 1.54) is 19.3 Å². The van der Waals surface area contributed by atoms with Gasteiger partial charge in [-0.15, -0.1) is 0 Å². The molecular formula is C13H17NO. The van der Waals surface area contributed by atoms with Crippen molar-refractivity contribution in [2.24, 2.45) is 4.99 Å². The number of hydrogen-bond acceptors (Lipinski definition) is 2. The van der Waals surface area contributed by atoms with Gasteiger partial charge >= 0.3 is 0 Å². The molecule has 0 N–H and O–H groups in total. The predicted molar refractivity (Wildman–Crippen MR) is 60.7 cm³/mol. The number of unbranched alkanes of at least 4 members (excludes halogenated alkanes) is 2. The number of ether oxygens (including phenoxy) is 1. The van der Waals surface area contributed by atoms with Crippen LogP contribution in [0.4, 0.5) is 0 Å². The van der Waals surface area contributed by atoms with E-state index < -0.39 is 0 Å². The summed E-state index contributed by atoms with van der Waals surface area (Å²) < 4.78 is 5.56. The Morgan fingerprint density at radius 3 is 3.00 bits per heavy atom. The molecule has 2 nitrogen and oxygen atoms in total. The van der Waals surface area contributed by atoms with Crippen molar-refractivity contribution in [1.82, 2.24) is 0 Å². The smallest absolute Gasteiger partial charge is 0.189 e. The third-order valence-electron chi connectivity index (χ3n) is 2.63. The Morgan fingerprint density at radius 2 is 2.13 bits per heavy atom. The van der Waals surface area contributed by atoms with E-state index in [0.717, 1.165) is 17.0 Å². The van der Waals surface area contributed by atoms with E-state index in [-0.39, 0.29) is 6.23 Å². The maximum atomic E-state index is 5.56. The molecule has 80 valence electrons. The quantitative estimate of drug-likeness (QED) is 0.686. The normalized spacial score (nSPS) is 18.3. The van der Waals surface area contributed by atoms with Crippen LogP contribution in [0.3, 0.4) is 0 Å². The molecule has 1 aromatic rings. The Hall–Kier alpha value is -1.31. The van der Waals surface area contributed by atoms with Crippen LogP contribution in [0.2, 0.25) is 0 Å². The van der Waals surface area contributed by atoms with Crippen molar-refractivity contribution in [1.29, 1.82) is 0 Å². The molecule has 1 aliphatic rings. The van der Waals surface area contributed by atoms with Gasteiger partial charge in [0.05, 0.1) is 11.6 Å². The molecule has 2 heteroatoms. The fourth-order valence-corrected chi connectivity index (χ4v) is 1.74. The highest BCUT2D eigenvalue weighted by Crippen LogP contribution is 2.08. The molecule has 0 radical (unpaired) electrons. The zero-order chi connectivity index (χ0) is 10.5. The lowest BCUT2D eigenvalue weighted by molar-refractivity contribution is 0.165. The number of fused-ring (bicyclic) bond motifs is 1. The van der Waals surface area contributed by atoms with Gasteiger partial charge < -0.3 is 4.74 Å². The van der Waals surface area contributed by atoms with Crippen LogP contribution < -0.4 is 10.6 Å². The highest BCUT2D eigenvalue weighted by molar-refractivity contribution is 5.18. The molecule has 1 aromatic carbocycles. The number of rotatable bonds is 4. The van der Waals surface area contributed by atoms with Gasteiger partial charge in [-0.3, -0.25) is 0 Å². The summed E-state index contributed by atoms with van der Waals surface area (Å²) in [6.07, 6.45) is 6.59. The number of para-hydroxylation sites is 1. The van der Waals surface area contributed by atoms with Gasteiger partial charge in [0.1, 0.15) is 0 Å². The summed E-state index contributed by atoms with van der Waals surface area (Å²) >= 11 is 0. The lowest BCUT2D eigenvalue weighted by Crippen LogP contribution is -2.31. The average molecular weight is 203 g/mol. The maximum absolute atomic E-state index is 5.56. The highest BCUT2D eigenvalue weighted by atomic mass is 16.5. The summed E-state index contributed by atoms with van der Waals surface area (Å²) in [5, 5.41) is 2.15. The van der Waals surface area contributed by atoms with E-state index in [0.29, 0.717) is 0 Å². The van der Waals surface area contributed by atoms with Crippen LogP contribution in [-0.2, 0) is 4.74 Å². The van der Waals surface area contributed by atoms with E-state index in [9.17, 15) is 0 Å². The monoisotopic (exact) mass is 203 g/mol. The Labute approximate surface area is 90.3 Å². The summed E-state index contributed by atoms with van der Waals surface area (Å²) in [6.45, 7) is 2.21. The Kier molecular flexibility index (Phi) is 3.38. The van der Waals surface area contributed by atoms with Crippen LogP contribution in [0.25, 0.3) is 6.26 Å². The standard InChI is InChI=1S/C13H17NO/c1-2-3-4-9-13-14-12-8-6-5-7-11(12)10-15-13/h5-8,10,13H,2-4,9H2,1H3. The molecule has 1 atom stereocenters. The van der Waals surface area contributed by atoms with Gasteiger partial charge in [0.25, 0.3) is 0 Å². The largest absolute Gasteiger partial charge is 0.476 e. The van der Waals surface area contributed by atoms with Gasteiger partial charge in [-0.05, 0) is 18.6 Å². The van der Waals surface area contributed by atoms with Gasteiger partial charge in [-0.25, -0.2) is 4.99 Å². The van der Waals surface area contributed by atoms with Crippen LogP contribution in [0, 0.1) is 0 Å². The zero-order valence-electron chi connectivity index (χ0n) is 9.15. The molecule has 0 spiro atoms. The van der Waals surface area contributed by atoms with Gasteiger partial charge in [-0.2, -0.15) is 0 Å². The molecular weight excluding hydrogens is 186 g/mol. The van der Waals surface area contributed by atoms with Crippen molar-refractivity contribution < 1.29 is 4.74 Å². The van der Waals surface area contributed by atoms with Gasteiger partial charge in [-0.1, -0.05) is 31.9 Å². The Bertz CT molecular complexity index is 424. The summed E-state index contributed by atoms with van der Waals surface area (Å²) in [6, 6.07) is 8.10. The van der Waals surface area contributed by atoms with Crippen molar-refractivity contribution in [3.8, 4) is 0 Å². The molecule has 0 aromatic heterocycles. The summed E-state index contributed by atoms with van der Waals surface area (Å²) in [5.41, 5.74) is 0. The van der Waals surface area contributed by atoms with Gasteiger partial charge in [0.2, 0.25) is 0 Å². The minimum atomic E-state index is 0.0337. The first-order valence-electron chi connectivity index (χ1n) is 5.68. The molecule has 0 saturated carbocycles. The van der Waals surface area contributed by atoms with Crippen molar-refractivity contribution in [2.75, 3.05) is 0 Å². The number of benzene rings is 1. The van der Waals surface area contributed by atoms with Crippen molar-refractivity contribution in [2.45, 2.75) is 38.8 Å². The SMILES string of the molecule is CCCCCC1N=c2ccccc2=CO1. The van der Waals surface area contributed by atoms with E-state index in [4.69, 9.17) is 4.74 Å². The fourth-order valence-electron chi connectivity index (χ4n) is 1.74. The third kappa shape index (κ3) is 2.58. The highest BCUT2D eigenvalue weighted by Gasteiger charge is 2.08. The van der Waals surface area contributed by atoms with Crippen LogP contribution >= 0.6 is 0 Å². The first-order valence-corrected chi connectivity index (χ1v) is 5.68. The number of nitrogens with zero attached hydrogens (tertiary/aromatic N) is 1. The summed E-state index contributed by atoms with van der Waals surface area (Å²) in [5.74, 6) is 0. The van der Waals surface area contributed by atoms with E-state index in [1.807, 2.05) is 30.5 Å². The van der Waals surface area contributed by atoms with Crippen molar-refractivity contribution in [3.05, 3.63) is 34.8 Å². The van der Waals surface area contributed by atoms with Crippen LogP contribution in [-0.4, -0.2) is 6.23 Å². The van der Waals surface area contributed by atoms with Crippen LogP contribution in [0.15, 0.2) is 29.3 Å². The second-order valence-electron chi connectivity index (χ2n) is 3.89. The zero-order valence-corrected chi connectivity index (χ0v) is 9.15. The Balaban J connectivity index is 2.06. The maximum Gasteiger partial charge on any atom is 0.189 e. The molecule has 0 saturated heterocycles. The van der Waals surface area contributed by atoms with Gasteiger partial charge in [0, 0.05) is 11.6 Å². The molecule has 2 rings (SSSR count). The predicted octanol–water partition coefficient (Wildman–Crippen LogP) is 1.98. The minimum absolute atomic E-state index is 0.0337. The van der Waals surface area contributed by atoms with Crippen LogP contribution in [0.1, 0.15) is 32.6 Å². The number of hydrogen-bond donors (Lipinski definition) is 0. The fraction of sp³-hybridized carbons (Fsp3) is 0.462. The summed E-state index contributed by atoms with van der Waals surface area (Å²) in [4.78, 5) is 4.56. The molecule has 0 fully saturated rings. The van der Waals surface area contributed by atoms with Crippen LogP contribution in [0.5, 0.6) is 0 Å². The topological polar surface area (TPSA) is 21.6 Å². The van der Waals surface area contributed by atoms with Crippen molar-refractivity contribution in [3.63, 3.8) is 0 Å². The molecule has 15 heavy (non-hydrogen) atoms. The molecule has 0 bridgehead atoms. The molecule has 0 aliphatic carbocycles.